The molecule has 0 saturated heterocycles. The van der Waals surface area contributed by atoms with Gasteiger partial charge in [-0.1, -0.05) is 12.8 Å². The van der Waals surface area contributed by atoms with Crippen LogP contribution in [0.25, 0.3) is 0 Å². The maximum atomic E-state index is 11.1. The summed E-state index contributed by atoms with van der Waals surface area (Å²) in [4.78, 5) is 0. The molecule has 0 N–H and O–H groups in total. The van der Waals surface area contributed by atoms with E-state index in [1.54, 1.807) is 6.07 Å². The number of rotatable bonds is 3. The lowest BCUT2D eigenvalue weighted by Crippen LogP contribution is -2.07. The molecule has 1 aromatic heterocycles. The zero-order chi connectivity index (χ0) is 10.9. The van der Waals surface area contributed by atoms with E-state index in [0.29, 0.717) is 11.7 Å². The van der Waals surface area contributed by atoms with E-state index in [2.05, 4.69) is 5.10 Å². The largest absolute Gasteiger partial charge is 0.269 e. The van der Waals surface area contributed by atoms with Gasteiger partial charge < -0.3 is 0 Å². The normalized spacial score (nSPS) is 18.5. The molecule has 84 valence electrons. The Morgan fingerprint density at radius 1 is 1.47 bits per heavy atom. The van der Waals surface area contributed by atoms with Gasteiger partial charge in [0.2, 0.25) is 0 Å². The molecule has 0 bridgehead atoms. The zero-order valence-corrected chi connectivity index (χ0v) is 9.70. The monoisotopic (exact) mass is 228 g/mol. The molecule has 0 aliphatic heterocycles. The van der Waals surface area contributed by atoms with Gasteiger partial charge in [0.15, 0.2) is 9.84 Å². The van der Waals surface area contributed by atoms with Gasteiger partial charge in [-0.3, -0.25) is 4.68 Å². The molecule has 1 aliphatic carbocycles. The van der Waals surface area contributed by atoms with Gasteiger partial charge in [0.1, 0.15) is 0 Å². The van der Waals surface area contributed by atoms with Gasteiger partial charge in [-0.05, 0) is 18.9 Å². The van der Waals surface area contributed by atoms with Crippen molar-refractivity contribution in [2.24, 2.45) is 0 Å². The molecule has 0 aromatic carbocycles. The highest BCUT2D eigenvalue weighted by Gasteiger charge is 2.18. The lowest BCUT2D eigenvalue weighted by Gasteiger charge is -2.08. The van der Waals surface area contributed by atoms with E-state index in [4.69, 9.17) is 0 Å². The Kier molecular flexibility index (Phi) is 2.82. The summed E-state index contributed by atoms with van der Waals surface area (Å²) >= 11 is 0. The van der Waals surface area contributed by atoms with Crippen LogP contribution < -0.4 is 0 Å². The third kappa shape index (κ3) is 2.81. The van der Waals surface area contributed by atoms with E-state index in [-0.39, 0.29) is 5.75 Å². The molecule has 0 unspecified atom stereocenters. The van der Waals surface area contributed by atoms with Crippen molar-refractivity contribution in [2.45, 2.75) is 37.5 Å². The van der Waals surface area contributed by atoms with Crippen LogP contribution in [0.15, 0.2) is 12.3 Å². The summed E-state index contributed by atoms with van der Waals surface area (Å²) in [6, 6.07) is 2.29. The quantitative estimate of drug-likeness (QED) is 0.788. The first-order valence-electron chi connectivity index (χ1n) is 5.26. The summed E-state index contributed by atoms with van der Waals surface area (Å²) < 4.78 is 24.1. The van der Waals surface area contributed by atoms with Crippen molar-refractivity contribution < 1.29 is 8.42 Å². The van der Waals surface area contributed by atoms with Crippen molar-refractivity contribution >= 4 is 9.84 Å². The molecule has 5 heteroatoms. The van der Waals surface area contributed by atoms with Crippen LogP contribution in [0.3, 0.4) is 0 Å². The third-order valence-electron chi connectivity index (χ3n) is 2.77. The lowest BCUT2D eigenvalue weighted by atomic mass is 10.3. The van der Waals surface area contributed by atoms with Crippen LogP contribution in [0.5, 0.6) is 0 Å². The molecule has 1 saturated carbocycles. The maximum Gasteiger partial charge on any atom is 0.153 e. The second-order valence-electron chi connectivity index (χ2n) is 4.30. The average Bonchev–Trinajstić information content (AvgIpc) is 2.68. The van der Waals surface area contributed by atoms with Crippen molar-refractivity contribution in [3.63, 3.8) is 0 Å². The fraction of sp³-hybridized carbons (Fsp3) is 0.700. The standard InChI is InChI=1S/C10H16N2O2S/c1-15(13,14)8-9-6-7-12(11-9)10-4-2-3-5-10/h6-7,10H,2-5,8H2,1H3. The molecule has 1 aliphatic rings. The second kappa shape index (κ2) is 3.96. The van der Waals surface area contributed by atoms with Gasteiger partial charge in [0, 0.05) is 12.5 Å². The number of aromatic nitrogens is 2. The van der Waals surface area contributed by atoms with Gasteiger partial charge >= 0.3 is 0 Å². The average molecular weight is 228 g/mol. The number of nitrogens with zero attached hydrogens (tertiary/aromatic N) is 2. The molecular weight excluding hydrogens is 212 g/mol. The van der Waals surface area contributed by atoms with Gasteiger partial charge in [-0.15, -0.1) is 0 Å². The van der Waals surface area contributed by atoms with Crippen molar-refractivity contribution in [1.82, 2.24) is 9.78 Å². The number of sulfone groups is 1. The predicted molar refractivity (Wildman–Crippen MR) is 58.3 cm³/mol. The van der Waals surface area contributed by atoms with Gasteiger partial charge in [-0.25, -0.2) is 8.42 Å². The molecule has 0 spiro atoms. The molecule has 1 aromatic rings. The summed E-state index contributed by atoms with van der Waals surface area (Å²) in [5.41, 5.74) is 0.657. The van der Waals surface area contributed by atoms with E-state index < -0.39 is 9.84 Å². The Morgan fingerprint density at radius 2 is 2.13 bits per heavy atom. The minimum atomic E-state index is -2.96. The van der Waals surface area contributed by atoms with E-state index in [0.717, 1.165) is 0 Å². The maximum absolute atomic E-state index is 11.1. The van der Waals surface area contributed by atoms with Crippen molar-refractivity contribution in [3.05, 3.63) is 18.0 Å². The second-order valence-corrected chi connectivity index (χ2v) is 6.44. The molecule has 0 amide bonds. The van der Waals surface area contributed by atoms with Gasteiger partial charge in [-0.2, -0.15) is 5.10 Å². The van der Waals surface area contributed by atoms with Crippen LogP contribution in [0, 0.1) is 0 Å². The minimum Gasteiger partial charge on any atom is -0.269 e. The molecule has 0 radical (unpaired) electrons. The Bertz CT molecular complexity index is 430. The Hall–Kier alpha value is -0.840. The highest BCUT2D eigenvalue weighted by molar-refractivity contribution is 7.89. The van der Waals surface area contributed by atoms with Crippen LogP contribution >= 0.6 is 0 Å². The minimum absolute atomic E-state index is 0.0483. The summed E-state index contributed by atoms with van der Waals surface area (Å²) in [6.07, 6.45) is 7.98. The molecule has 1 heterocycles. The van der Waals surface area contributed by atoms with E-state index in [9.17, 15) is 8.42 Å². The zero-order valence-electron chi connectivity index (χ0n) is 8.89. The number of hydrogen-bond donors (Lipinski definition) is 0. The first-order chi connectivity index (χ1) is 7.04. The topological polar surface area (TPSA) is 52.0 Å². The van der Waals surface area contributed by atoms with E-state index in [1.807, 2.05) is 10.9 Å². The lowest BCUT2D eigenvalue weighted by molar-refractivity contribution is 0.464. The summed E-state index contributed by atoms with van der Waals surface area (Å²) in [7, 11) is -2.96. The molecule has 4 nitrogen and oxygen atoms in total. The van der Waals surface area contributed by atoms with Gasteiger partial charge in [0.05, 0.1) is 17.5 Å². The fourth-order valence-corrected chi connectivity index (χ4v) is 2.79. The Morgan fingerprint density at radius 3 is 2.73 bits per heavy atom. The first-order valence-corrected chi connectivity index (χ1v) is 7.32. The summed E-state index contributed by atoms with van der Waals surface area (Å²) in [5.74, 6) is 0.0483. The van der Waals surface area contributed by atoms with Crippen LogP contribution in [-0.4, -0.2) is 24.5 Å². The van der Waals surface area contributed by atoms with Crippen LogP contribution in [0.1, 0.15) is 37.4 Å². The fourth-order valence-electron chi connectivity index (χ4n) is 2.10. The molecular formula is C10H16N2O2S. The van der Waals surface area contributed by atoms with Crippen LogP contribution in [-0.2, 0) is 15.6 Å². The highest BCUT2D eigenvalue weighted by Crippen LogP contribution is 2.28. The van der Waals surface area contributed by atoms with Crippen molar-refractivity contribution in [3.8, 4) is 0 Å². The van der Waals surface area contributed by atoms with Crippen molar-refractivity contribution in [2.75, 3.05) is 6.26 Å². The highest BCUT2D eigenvalue weighted by atomic mass is 32.2. The molecule has 15 heavy (non-hydrogen) atoms. The van der Waals surface area contributed by atoms with E-state index in [1.165, 1.54) is 31.9 Å². The summed E-state index contributed by atoms with van der Waals surface area (Å²) in [5, 5.41) is 4.32. The van der Waals surface area contributed by atoms with Gasteiger partial charge in [0.25, 0.3) is 0 Å². The Labute approximate surface area is 90.2 Å². The third-order valence-corrected chi connectivity index (χ3v) is 3.59. The molecule has 1 fully saturated rings. The van der Waals surface area contributed by atoms with Crippen molar-refractivity contribution in [1.29, 1.82) is 0 Å². The number of hydrogen-bond acceptors (Lipinski definition) is 3. The predicted octanol–water partition coefficient (Wildman–Crippen LogP) is 1.54. The van der Waals surface area contributed by atoms with E-state index >= 15 is 0 Å². The summed E-state index contributed by atoms with van der Waals surface area (Å²) in [6.45, 7) is 0. The first kappa shape index (κ1) is 10.7. The smallest absolute Gasteiger partial charge is 0.153 e. The Balaban J connectivity index is 2.10. The van der Waals surface area contributed by atoms with Crippen LogP contribution in [0.4, 0.5) is 0 Å². The molecule has 0 atom stereocenters. The van der Waals surface area contributed by atoms with Crippen LogP contribution in [0.2, 0.25) is 0 Å². The molecule has 2 rings (SSSR count). The SMILES string of the molecule is CS(=O)(=O)Cc1ccn(C2CCCC2)n1.